The summed E-state index contributed by atoms with van der Waals surface area (Å²) in [6.07, 6.45) is 0. The maximum atomic E-state index is 8.26. The van der Waals surface area contributed by atoms with E-state index in [1.807, 2.05) is 0 Å². The van der Waals surface area contributed by atoms with Crippen LogP contribution in [0.3, 0.4) is 0 Å². The van der Waals surface area contributed by atoms with Crippen molar-refractivity contribution in [3.63, 3.8) is 0 Å². The molecule has 0 aliphatic rings. The summed E-state index contributed by atoms with van der Waals surface area (Å²) in [5, 5.41) is 0. The first kappa shape index (κ1) is 17.3. The summed E-state index contributed by atoms with van der Waals surface area (Å²) in [6, 6.07) is 0. The Hall–Kier alpha value is 1.70. The summed E-state index contributed by atoms with van der Waals surface area (Å²) in [6.45, 7) is 0. The third-order valence-corrected chi connectivity index (χ3v) is 0. The van der Waals surface area contributed by atoms with E-state index >= 15 is 0 Å². The van der Waals surface area contributed by atoms with Crippen LogP contribution in [0.4, 0.5) is 0 Å². The van der Waals surface area contributed by atoms with Gasteiger partial charge in [-0.05, 0) is 0 Å². The summed E-state index contributed by atoms with van der Waals surface area (Å²) in [5.41, 5.74) is 0. The molecule has 0 fully saturated rings. The quantitative estimate of drug-likeness (QED) is 0.556. The van der Waals surface area contributed by atoms with Gasteiger partial charge in [0.25, 0.3) is 0 Å². The van der Waals surface area contributed by atoms with Gasteiger partial charge in [-0.3, -0.25) is 0 Å². The molecule has 1 radical (unpaired) electrons. The Kier molecular flexibility index (Phi) is 96.3. The van der Waals surface area contributed by atoms with Crippen LogP contribution in [-0.2, 0) is 61.3 Å². The summed E-state index contributed by atoms with van der Waals surface area (Å²) >= 11 is 0.700. The van der Waals surface area contributed by atoms with Crippen LogP contribution in [0, 0.1) is 0 Å². The van der Waals surface area contributed by atoms with E-state index < -0.39 is 0 Å². The van der Waals surface area contributed by atoms with E-state index in [0.29, 0.717) is 19.8 Å². The Morgan fingerprint density at radius 3 is 1.25 bits per heavy atom. The van der Waals surface area contributed by atoms with Crippen LogP contribution in [0.2, 0.25) is 0 Å². The van der Waals surface area contributed by atoms with Gasteiger partial charge in [0, 0.05) is 38.1 Å². The molecule has 0 N–H and O–H groups in total. The predicted molar refractivity (Wildman–Crippen MR) is 0.686 cm³/mol. The van der Waals surface area contributed by atoms with Crippen LogP contribution in [0.5, 0.6) is 0 Å². The zero-order chi connectivity index (χ0) is 2.00. The fraction of sp³-hybridized carbons (Fsp3) is 0. The van der Waals surface area contributed by atoms with Gasteiger partial charge in [0.05, 0.1) is 0 Å². The topological polar surface area (TPSA) is 17.1 Å². The Labute approximate surface area is 60.9 Å². The fourth-order valence-electron chi connectivity index (χ4n) is 0. The number of hydrogen-bond donors (Lipinski definition) is 0. The molecule has 25 valence electrons. The van der Waals surface area contributed by atoms with Gasteiger partial charge in [-0.1, -0.05) is 0 Å². The SMILES string of the molecule is [Mn].[Mo].[O]=[Mo]. The normalized spacial score (nSPS) is 1.00. The van der Waals surface area contributed by atoms with E-state index in [2.05, 4.69) is 0 Å². The van der Waals surface area contributed by atoms with Crippen LogP contribution < -0.4 is 0 Å². The molecule has 0 spiro atoms. The second-order valence-corrected chi connectivity index (χ2v) is 0. The molecule has 4 heteroatoms. The van der Waals surface area contributed by atoms with Gasteiger partial charge in [0.15, 0.2) is 0 Å². The molecule has 0 saturated heterocycles. The predicted octanol–water partition coefficient (Wildman–Crippen LogP) is -0.126. The molecule has 0 aliphatic carbocycles. The third-order valence-electron chi connectivity index (χ3n) is 0. The maximum absolute atomic E-state index is 8.26. The van der Waals surface area contributed by atoms with E-state index in [0.717, 1.165) is 0 Å². The van der Waals surface area contributed by atoms with Gasteiger partial charge in [-0.25, -0.2) is 0 Å². The third kappa shape index (κ3) is 9.34. The summed E-state index contributed by atoms with van der Waals surface area (Å²) < 4.78 is 8.26. The Morgan fingerprint density at radius 1 is 1.25 bits per heavy atom. The zero-order valence-electron chi connectivity index (χ0n) is 1.60. The average Bonchev–Trinajstić information content (AvgIpc) is 1.00. The van der Waals surface area contributed by atoms with Crippen molar-refractivity contribution in [2.24, 2.45) is 0 Å². The van der Waals surface area contributed by atoms with Crippen molar-refractivity contribution in [2.75, 3.05) is 0 Å². The molecule has 0 aliphatic heterocycles. The minimum atomic E-state index is 0. The molecule has 0 saturated carbocycles. The first-order valence-corrected chi connectivity index (χ1v) is 0.986. The Balaban J connectivity index is -0.00000000500. The van der Waals surface area contributed by atoms with Gasteiger partial charge in [-0.15, -0.1) is 0 Å². The van der Waals surface area contributed by atoms with Crippen molar-refractivity contribution in [3.05, 3.63) is 0 Å². The van der Waals surface area contributed by atoms with Gasteiger partial charge in [-0.2, -0.15) is 0 Å². The van der Waals surface area contributed by atoms with Crippen LogP contribution in [0.15, 0.2) is 0 Å². The second kappa shape index (κ2) is 22.3. The minimum absolute atomic E-state index is 0. The first-order valence-electron chi connectivity index (χ1n) is 0.167. The molecule has 0 aromatic heterocycles. The second-order valence-electron chi connectivity index (χ2n) is 0. The van der Waals surface area contributed by atoms with Crippen molar-refractivity contribution >= 4 is 0 Å². The summed E-state index contributed by atoms with van der Waals surface area (Å²) in [7, 11) is 0. The molecule has 0 aromatic rings. The van der Waals surface area contributed by atoms with Gasteiger partial charge in [0.2, 0.25) is 0 Å². The van der Waals surface area contributed by atoms with Crippen molar-refractivity contribution in [3.8, 4) is 0 Å². The van der Waals surface area contributed by atoms with Crippen LogP contribution in [-0.4, -0.2) is 0 Å². The van der Waals surface area contributed by atoms with Crippen LogP contribution >= 0.6 is 0 Å². The van der Waals surface area contributed by atoms with Crippen LogP contribution in [0.1, 0.15) is 0 Å². The standard InChI is InChI=1S/Mn.2Mo.O. The molecular formula is MnMo2O. The summed E-state index contributed by atoms with van der Waals surface area (Å²) in [5.74, 6) is 0. The monoisotopic (exact) mass is 267 g/mol. The van der Waals surface area contributed by atoms with E-state index in [1.165, 1.54) is 0 Å². The van der Waals surface area contributed by atoms with Gasteiger partial charge < -0.3 is 0 Å². The molecule has 4 heavy (non-hydrogen) atoms. The molecule has 0 amide bonds. The molecule has 0 heterocycles. The first-order chi connectivity index (χ1) is 1.00. The van der Waals surface area contributed by atoms with E-state index in [9.17, 15) is 0 Å². The molecule has 1 nitrogen and oxygen atoms in total. The Bertz CT molecular complexity index is 6.00. The van der Waals surface area contributed by atoms with E-state index in [1.54, 1.807) is 0 Å². The fourth-order valence-corrected chi connectivity index (χ4v) is 0. The molecule has 0 aromatic carbocycles. The molecule has 0 rings (SSSR count). The van der Waals surface area contributed by atoms with Gasteiger partial charge >= 0.3 is 23.2 Å². The van der Waals surface area contributed by atoms with E-state index in [-0.39, 0.29) is 38.1 Å². The number of rotatable bonds is 0. The van der Waals surface area contributed by atoms with Crippen molar-refractivity contribution in [1.29, 1.82) is 0 Å². The average molecular weight is 263 g/mol. The Morgan fingerprint density at radius 2 is 1.25 bits per heavy atom. The van der Waals surface area contributed by atoms with Crippen molar-refractivity contribution < 1.29 is 61.3 Å². The van der Waals surface area contributed by atoms with Gasteiger partial charge in [0.1, 0.15) is 0 Å². The molecule has 0 atom stereocenters. The summed E-state index contributed by atoms with van der Waals surface area (Å²) in [4.78, 5) is 0. The van der Waals surface area contributed by atoms with Crippen molar-refractivity contribution in [2.45, 2.75) is 0 Å². The molecule has 0 bridgehead atoms. The number of hydrogen-bond acceptors (Lipinski definition) is 1. The van der Waals surface area contributed by atoms with Crippen LogP contribution in [0.25, 0.3) is 0 Å². The molecular weight excluding hydrogens is 263 g/mol. The zero-order valence-corrected chi connectivity index (χ0v) is 6.80. The van der Waals surface area contributed by atoms with E-state index in [4.69, 9.17) is 3.40 Å². The van der Waals surface area contributed by atoms with Crippen molar-refractivity contribution in [1.82, 2.24) is 0 Å². The molecule has 0 unspecified atom stereocenters.